The summed E-state index contributed by atoms with van der Waals surface area (Å²) in [6, 6.07) is 14.6. The number of rotatable bonds is 4. The first-order valence-electron chi connectivity index (χ1n) is 6.33. The third-order valence-corrected chi connectivity index (χ3v) is 3.74. The van der Waals surface area contributed by atoms with Crippen molar-refractivity contribution < 1.29 is 0 Å². The van der Waals surface area contributed by atoms with E-state index in [0.29, 0.717) is 0 Å². The second-order valence-electron chi connectivity index (χ2n) is 4.94. The fourth-order valence-electron chi connectivity index (χ4n) is 2.13. The van der Waals surface area contributed by atoms with Crippen molar-refractivity contribution in [3.63, 3.8) is 0 Å². The smallest absolute Gasteiger partial charge is 0.0371 e. The Morgan fingerprint density at radius 1 is 1.05 bits per heavy atom. The fourth-order valence-corrected chi connectivity index (χ4v) is 2.51. The predicted molar refractivity (Wildman–Crippen MR) is 84.9 cm³/mol. The Labute approximate surface area is 123 Å². The van der Waals surface area contributed by atoms with Gasteiger partial charge in [0.2, 0.25) is 0 Å². The van der Waals surface area contributed by atoms with E-state index in [2.05, 4.69) is 65.1 Å². The predicted octanol–water partition coefficient (Wildman–Crippen LogP) is 3.97. The van der Waals surface area contributed by atoms with Gasteiger partial charge in [-0.1, -0.05) is 46.3 Å². The van der Waals surface area contributed by atoms with Gasteiger partial charge in [-0.2, -0.15) is 0 Å². The molecule has 0 aliphatic rings. The van der Waals surface area contributed by atoms with Crippen LogP contribution in [-0.4, -0.2) is 11.9 Å². The van der Waals surface area contributed by atoms with Crippen LogP contribution < -0.4 is 5.73 Å². The SMILES string of the molecule is Cc1ccccc1CN(C)Cc1ccc(Br)cc1N. The van der Waals surface area contributed by atoms with Gasteiger partial charge < -0.3 is 5.73 Å². The number of hydrogen-bond donors (Lipinski definition) is 1. The first-order chi connectivity index (χ1) is 9.06. The molecular weight excluding hydrogens is 300 g/mol. The Bertz CT molecular complexity index is 566. The van der Waals surface area contributed by atoms with Crippen LogP contribution in [0.5, 0.6) is 0 Å². The van der Waals surface area contributed by atoms with Gasteiger partial charge in [0.1, 0.15) is 0 Å². The summed E-state index contributed by atoms with van der Waals surface area (Å²) in [7, 11) is 2.12. The number of hydrogen-bond acceptors (Lipinski definition) is 2. The van der Waals surface area contributed by atoms with Crippen molar-refractivity contribution in [2.75, 3.05) is 12.8 Å². The van der Waals surface area contributed by atoms with Gasteiger partial charge in [-0.25, -0.2) is 0 Å². The molecule has 0 fully saturated rings. The molecule has 2 aromatic rings. The molecule has 0 amide bonds. The summed E-state index contributed by atoms with van der Waals surface area (Å²) >= 11 is 3.43. The third-order valence-electron chi connectivity index (χ3n) is 3.25. The zero-order valence-corrected chi connectivity index (χ0v) is 12.9. The van der Waals surface area contributed by atoms with Crippen molar-refractivity contribution in [1.82, 2.24) is 4.90 Å². The molecular formula is C16H19BrN2. The Morgan fingerprint density at radius 2 is 1.74 bits per heavy atom. The van der Waals surface area contributed by atoms with Crippen LogP contribution in [0.15, 0.2) is 46.9 Å². The van der Waals surface area contributed by atoms with Gasteiger partial charge in [-0.05, 0) is 42.8 Å². The van der Waals surface area contributed by atoms with E-state index >= 15 is 0 Å². The minimum absolute atomic E-state index is 0.839. The quantitative estimate of drug-likeness (QED) is 0.864. The van der Waals surface area contributed by atoms with Gasteiger partial charge in [0.15, 0.2) is 0 Å². The molecule has 0 bridgehead atoms. The van der Waals surface area contributed by atoms with Crippen LogP contribution >= 0.6 is 15.9 Å². The fraction of sp³-hybridized carbons (Fsp3) is 0.250. The summed E-state index contributed by atoms with van der Waals surface area (Å²) in [5, 5.41) is 0. The van der Waals surface area contributed by atoms with E-state index in [1.54, 1.807) is 0 Å². The minimum Gasteiger partial charge on any atom is -0.398 e. The van der Waals surface area contributed by atoms with E-state index in [-0.39, 0.29) is 0 Å². The van der Waals surface area contributed by atoms with Gasteiger partial charge in [-0.3, -0.25) is 4.90 Å². The zero-order valence-electron chi connectivity index (χ0n) is 11.4. The van der Waals surface area contributed by atoms with Crippen molar-refractivity contribution in [3.05, 3.63) is 63.6 Å². The third kappa shape index (κ3) is 3.82. The molecule has 0 spiro atoms. The molecule has 0 atom stereocenters. The lowest BCUT2D eigenvalue weighted by Gasteiger charge is -2.19. The molecule has 0 unspecified atom stereocenters. The number of nitrogen functional groups attached to an aromatic ring is 1. The Hall–Kier alpha value is -1.32. The molecule has 0 aliphatic carbocycles. The maximum Gasteiger partial charge on any atom is 0.0371 e. The lowest BCUT2D eigenvalue weighted by molar-refractivity contribution is 0.319. The molecule has 0 saturated heterocycles. The maximum absolute atomic E-state index is 6.04. The van der Waals surface area contributed by atoms with Crippen molar-refractivity contribution in [2.24, 2.45) is 0 Å². The Morgan fingerprint density at radius 3 is 2.42 bits per heavy atom. The molecule has 0 aliphatic heterocycles. The molecule has 2 aromatic carbocycles. The highest BCUT2D eigenvalue weighted by molar-refractivity contribution is 9.10. The number of halogens is 1. The second kappa shape index (κ2) is 6.22. The summed E-state index contributed by atoms with van der Waals surface area (Å²) in [6.07, 6.45) is 0. The Balaban J connectivity index is 2.05. The average molecular weight is 319 g/mol. The van der Waals surface area contributed by atoms with E-state index in [1.807, 2.05) is 12.1 Å². The molecule has 100 valence electrons. The summed E-state index contributed by atoms with van der Waals surface area (Å²) in [6.45, 7) is 3.94. The first kappa shape index (κ1) is 14.1. The summed E-state index contributed by atoms with van der Waals surface area (Å²) < 4.78 is 1.02. The molecule has 2 nitrogen and oxygen atoms in total. The molecule has 0 saturated carbocycles. The van der Waals surface area contributed by atoms with E-state index in [9.17, 15) is 0 Å². The van der Waals surface area contributed by atoms with Gasteiger partial charge in [0.05, 0.1) is 0 Å². The summed E-state index contributed by atoms with van der Waals surface area (Å²) in [5.41, 5.74) is 10.7. The summed E-state index contributed by atoms with van der Waals surface area (Å²) in [4.78, 5) is 2.28. The van der Waals surface area contributed by atoms with Crippen molar-refractivity contribution in [1.29, 1.82) is 0 Å². The molecule has 2 N–H and O–H groups in total. The van der Waals surface area contributed by atoms with Gasteiger partial charge in [-0.15, -0.1) is 0 Å². The molecule has 0 aromatic heterocycles. The van der Waals surface area contributed by atoms with Crippen LogP contribution in [0.1, 0.15) is 16.7 Å². The molecule has 19 heavy (non-hydrogen) atoms. The zero-order chi connectivity index (χ0) is 13.8. The van der Waals surface area contributed by atoms with Crippen LogP contribution in [0.3, 0.4) is 0 Å². The van der Waals surface area contributed by atoms with Crippen molar-refractivity contribution >= 4 is 21.6 Å². The van der Waals surface area contributed by atoms with Gasteiger partial charge >= 0.3 is 0 Å². The van der Waals surface area contributed by atoms with Crippen LogP contribution in [-0.2, 0) is 13.1 Å². The maximum atomic E-state index is 6.04. The number of benzene rings is 2. The lowest BCUT2D eigenvalue weighted by atomic mass is 10.1. The first-order valence-corrected chi connectivity index (χ1v) is 7.12. The average Bonchev–Trinajstić information content (AvgIpc) is 2.36. The van der Waals surface area contributed by atoms with Crippen LogP contribution in [0.25, 0.3) is 0 Å². The van der Waals surface area contributed by atoms with Crippen molar-refractivity contribution in [2.45, 2.75) is 20.0 Å². The highest BCUT2D eigenvalue weighted by Gasteiger charge is 2.06. The van der Waals surface area contributed by atoms with E-state index in [0.717, 1.165) is 23.2 Å². The molecule has 3 heteroatoms. The second-order valence-corrected chi connectivity index (χ2v) is 5.86. The molecule has 2 rings (SSSR count). The van der Waals surface area contributed by atoms with E-state index in [4.69, 9.17) is 5.73 Å². The number of nitrogens with zero attached hydrogens (tertiary/aromatic N) is 1. The van der Waals surface area contributed by atoms with Crippen LogP contribution in [0, 0.1) is 6.92 Å². The molecule has 0 heterocycles. The number of nitrogens with two attached hydrogens (primary N) is 1. The van der Waals surface area contributed by atoms with E-state index < -0.39 is 0 Å². The van der Waals surface area contributed by atoms with Crippen LogP contribution in [0.4, 0.5) is 5.69 Å². The number of anilines is 1. The molecule has 0 radical (unpaired) electrons. The summed E-state index contributed by atoms with van der Waals surface area (Å²) in [5.74, 6) is 0. The highest BCUT2D eigenvalue weighted by Crippen LogP contribution is 2.20. The van der Waals surface area contributed by atoms with Crippen molar-refractivity contribution in [3.8, 4) is 0 Å². The largest absolute Gasteiger partial charge is 0.398 e. The monoisotopic (exact) mass is 318 g/mol. The van der Waals surface area contributed by atoms with Gasteiger partial charge in [0, 0.05) is 23.2 Å². The normalized spacial score (nSPS) is 10.9. The standard InChI is InChI=1S/C16H19BrN2/c1-12-5-3-4-6-13(12)10-19(2)11-14-7-8-15(17)9-16(14)18/h3-9H,10-11,18H2,1-2H3. The Kier molecular flexibility index (Phi) is 4.61. The van der Waals surface area contributed by atoms with Gasteiger partial charge in [0.25, 0.3) is 0 Å². The van der Waals surface area contributed by atoms with Crippen LogP contribution in [0.2, 0.25) is 0 Å². The highest BCUT2D eigenvalue weighted by atomic mass is 79.9. The van der Waals surface area contributed by atoms with E-state index in [1.165, 1.54) is 16.7 Å². The minimum atomic E-state index is 0.839. The topological polar surface area (TPSA) is 29.3 Å². The lowest BCUT2D eigenvalue weighted by Crippen LogP contribution is -2.18. The number of aryl methyl sites for hydroxylation is 1.